The number of nitrogens with zero attached hydrogens (tertiary/aromatic N) is 2. The second-order valence-electron chi connectivity index (χ2n) is 4.15. The molecule has 9 heteroatoms. The Morgan fingerprint density at radius 2 is 1.82 bits per heavy atom. The largest absolute Gasteiger partial charge is 0.403 e. The number of rotatable bonds is 7. The number of alkyl halides is 1. The highest BCUT2D eigenvalue weighted by atomic mass is 35.5. The number of fused-ring (bicyclic) bond motifs is 1. The Bertz CT molecular complexity index is 757. The van der Waals surface area contributed by atoms with Crippen molar-refractivity contribution >= 4 is 40.9 Å². The summed E-state index contributed by atoms with van der Waals surface area (Å²) in [6.07, 6.45) is 0. The molecule has 2 aromatic rings. The standard InChI is InChI=1S/C13H16ClN2O4PS/c1-3-18-21(22,19-4-2)20-12-10-7-5-6-8-11(10)13(17)16(9-14)15-12/h5-8H,3-4,9H2,1-2H3. The van der Waals surface area contributed by atoms with Crippen LogP contribution in [0.1, 0.15) is 13.8 Å². The Morgan fingerprint density at radius 3 is 2.36 bits per heavy atom. The minimum Gasteiger partial charge on any atom is -0.403 e. The fourth-order valence-corrected chi connectivity index (χ4v) is 4.03. The first-order valence-corrected chi connectivity index (χ1v) is 9.78. The molecule has 0 aliphatic rings. The second-order valence-corrected chi connectivity index (χ2v) is 7.32. The van der Waals surface area contributed by atoms with E-state index in [1.54, 1.807) is 38.1 Å². The van der Waals surface area contributed by atoms with Crippen molar-refractivity contribution in [1.82, 2.24) is 9.78 Å². The summed E-state index contributed by atoms with van der Waals surface area (Å²) in [4.78, 5) is 12.2. The van der Waals surface area contributed by atoms with Gasteiger partial charge in [-0.1, -0.05) is 12.1 Å². The summed E-state index contributed by atoms with van der Waals surface area (Å²) in [5.74, 6) is 0.182. The molecule has 0 N–H and O–H groups in total. The van der Waals surface area contributed by atoms with Crippen LogP contribution in [0.15, 0.2) is 29.1 Å². The van der Waals surface area contributed by atoms with Gasteiger partial charge in [0.15, 0.2) is 0 Å². The first-order chi connectivity index (χ1) is 10.5. The lowest BCUT2D eigenvalue weighted by Gasteiger charge is -2.21. The fraction of sp³-hybridized carbons (Fsp3) is 0.385. The maximum absolute atomic E-state index is 12.2. The van der Waals surface area contributed by atoms with Crippen LogP contribution in [0.2, 0.25) is 0 Å². The molecular weight excluding hydrogens is 347 g/mol. The molecule has 2 rings (SSSR count). The van der Waals surface area contributed by atoms with Gasteiger partial charge >= 0.3 is 6.72 Å². The third kappa shape index (κ3) is 3.67. The molecular formula is C13H16ClN2O4PS. The van der Waals surface area contributed by atoms with E-state index in [1.807, 2.05) is 0 Å². The summed E-state index contributed by atoms with van der Waals surface area (Å²) in [5, 5.41) is 5.11. The van der Waals surface area contributed by atoms with Crippen molar-refractivity contribution in [1.29, 1.82) is 0 Å². The molecule has 0 unspecified atom stereocenters. The van der Waals surface area contributed by atoms with Crippen molar-refractivity contribution < 1.29 is 13.6 Å². The number of hydrogen-bond donors (Lipinski definition) is 0. The molecule has 120 valence electrons. The van der Waals surface area contributed by atoms with Crippen molar-refractivity contribution in [3.8, 4) is 5.88 Å². The molecule has 0 radical (unpaired) electrons. The molecule has 0 aliphatic carbocycles. The summed E-state index contributed by atoms with van der Waals surface area (Å²) in [7, 11) is 0. The highest BCUT2D eigenvalue weighted by Gasteiger charge is 2.24. The van der Waals surface area contributed by atoms with Crippen LogP contribution < -0.4 is 10.1 Å². The summed E-state index contributed by atoms with van der Waals surface area (Å²) in [5.41, 5.74) is -0.293. The topological polar surface area (TPSA) is 62.6 Å². The lowest BCUT2D eigenvalue weighted by Crippen LogP contribution is -2.22. The monoisotopic (exact) mass is 362 g/mol. The van der Waals surface area contributed by atoms with Crippen LogP contribution in [-0.2, 0) is 26.9 Å². The maximum Gasteiger partial charge on any atom is 0.381 e. The molecule has 6 nitrogen and oxygen atoms in total. The van der Waals surface area contributed by atoms with E-state index in [0.29, 0.717) is 24.0 Å². The zero-order chi connectivity index (χ0) is 16.2. The molecule has 1 aromatic heterocycles. The molecule has 0 fully saturated rings. The van der Waals surface area contributed by atoms with Gasteiger partial charge in [-0.3, -0.25) is 13.8 Å². The number of benzene rings is 1. The maximum atomic E-state index is 12.2. The van der Waals surface area contributed by atoms with Crippen molar-refractivity contribution in [3.63, 3.8) is 0 Å². The number of halogens is 1. The van der Waals surface area contributed by atoms with Gasteiger partial charge in [0, 0.05) is 11.8 Å². The van der Waals surface area contributed by atoms with Crippen LogP contribution in [0.5, 0.6) is 5.88 Å². The van der Waals surface area contributed by atoms with Crippen LogP contribution in [0, 0.1) is 0 Å². The van der Waals surface area contributed by atoms with E-state index >= 15 is 0 Å². The summed E-state index contributed by atoms with van der Waals surface area (Å²) < 4.78 is 17.7. The smallest absolute Gasteiger partial charge is 0.381 e. The minimum atomic E-state index is -2.98. The highest BCUT2D eigenvalue weighted by Crippen LogP contribution is 2.50. The van der Waals surface area contributed by atoms with Gasteiger partial charge < -0.3 is 4.52 Å². The SMILES string of the molecule is CCOP(=S)(OCC)Oc1nn(CCl)c(=O)c2ccccc12. The minimum absolute atomic E-state index is 0.0911. The van der Waals surface area contributed by atoms with Crippen molar-refractivity contribution in [3.05, 3.63) is 34.6 Å². The molecule has 0 amide bonds. The molecule has 22 heavy (non-hydrogen) atoms. The molecule has 1 heterocycles. The van der Waals surface area contributed by atoms with Gasteiger partial charge in [0.25, 0.3) is 5.56 Å². The summed E-state index contributed by atoms with van der Waals surface area (Å²) in [6, 6.07) is 6.86. The van der Waals surface area contributed by atoms with E-state index < -0.39 is 6.72 Å². The third-order valence-corrected chi connectivity index (χ3v) is 5.35. The molecule has 0 saturated carbocycles. The second kappa shape index (κ2) is 7.53. The third-order valence-electron chi connectivity index (χ3n) is 2.72. The molecule has 0 bridgehead atoms. The molecule has 0 saturated heterocycles. The van der Waals surface area contributed by atoms with E-state index in [-0.39, 0.29) is 17.4 Å². The zero-order valence-electron chi connectivity index (χ0n) is 12.2. The van der Waals surface area contributed by atoms with E-state index in [0.717, 1.165) is 4.68 Å². The van der Waals surface area contributed by atoms with Gasteiger partial charge in [0.05, 0.1) is 24.0 Å². The van der Waals surface area contributed by atoms with Crippen molar-refractivity contribution in [2.24, 2.45) is 0 Å². The van der Waals surface area contributed by atoms with Crippen molar-refractivity contribution in [2.45, 2.75) is 19.9 Å². The number of aromatic nitrogens is 2. The molecule has 0 aliphatic heterocycles. The van der Waals surface area contributed by atoms with Gasteiger partial charge in [-0.05, 0) is 26.0 Å². The van der Waals surface area contributed by atoms with Gasteiger partial charge in [0.1, 0.15) is 6.00 Å². The van der Waals surface area contributed by atoms with Crippen LogP contribution in [0.25, 0.3) is 10.8 Å². The van der Waals surface area contributed by atoms with Gasteiger partial charge in [-0.15, -0.1) is 16.7 Å². The zero-order valence-corrected chi connectivity index (χ0v) is 14.7. The quantitative estimate of drug-likeness (QED) is 0.556. The Kier molecular flexibility index (Phi) is 5.94. The average molecular weight is 363 g/mol. The molecule has 1 aromatic carbocycles. The highest BCUT2D eigenvalue weighted by molar-refractivity contribution is 8.07. The first kappa shape index (κ1) is 17.4. The summed E-state index contributed by atoms with van der Waals surface area (Å²) in [6.45, 7) is 1.32. The Hall–Kier alpha value is -0.980. The number of hydrogen-bond acceptors (Lipinski definition) is 6. The van der Waals surface area contributed by atoms with Gasteiger partial charge in [0.2, 0.25) is 5.88 Å². The van der Waals surface area contributed by atoms with E-state index in [9.17, 15) is 4.79 Å². The lowest BCUT2D eigenvalue weighted by molar-refractivity contribution is 0.215. The molecule has 0 atom stereocenters. The first-order valence-electron chi connectivity index (χ1n) is 6.69. The van der Waals surface area contributed by atoms with E-state index in [1.165, 1.54) is 0 Å². The van der Waals surface area contributed by atoms with E-state index in [2.05, 4.69) is 5.10 Å². The molecule has 0 spiro atoms. The lowest BCUT2D eigenvalue weighted by atomic mass is 10.2. The van der Waals surface area contributed by atoms with Crippen LogP contribution in [-0.4, -0.2) is 23.0 Å². The van der Waals surface area contributed by atoms with Crippen molar-refractivity contribution in [2.75, 3.05) is 13.2 Å². The van der Waals surface area contributed by atoms with E-state index in [4.69, 9.17) is 37.0 Å². The Balaban J connectivity index is 2.57. The van der Waals surface area contributed by atoms with Crippen LogP contribution >= 0.6 is 18.3 Å². The van der Waals surface area contributed by atoms with Crippen LogP contribution in [0.4, 0.5) is 0 Å². The fourth-order valence-electron chi connectivity index (χ4n) is 1.86. The Morgan fingerprint density at radius 1 is 1.23 bits per heavy atom. The van der Waals surface area contributed by atoms with Gasteiger partial charge in [-0.2, -0.15) is 0 Å². The van der Waals surface area contributed by atoms with Gasteiger partial charge in [-0.25, -0.2) is 4.68 Å². The predicted octanol–water partition coefficient (Wildman–Crippen LogP) is 3.27. The van der Waals surface area contributed by atoms with Crippen LogP contribution in [0.3, 0.4) is 0 Å². The normalized spacial score (nSPS) is 11.8. The predicted molar refractivity (Wildman–Crippen MR) is 90.0 cm³/mol. The summed E-state index contributed by atoms with van der Waals surface area (Å²) >= 11 is 11.1. The average Bonchev–Trinajstić information content (AvgIpc) is 2.50. The Labute approximate surface area is 138 Å².